The first kappa shape index (κ1) is 15.8. The van der Waals surface area contributed by atoms with Crippen molar-refractivity contribution < 1.29 is 4.74 Å². The van der Waals surface area contributed by atoms with Gasteiger partial charge in [0.05, 0.1) is 6.61 Å². The van der Waals surface area contributed by atoms with E-state index in [0.717, 1.165) is 12.3 Å². The summed E-state index contributed by atoms with van der Waals surface area (Å²) in [4.78, 5) is 0. The summed E-state index contributed by atoms with van der Waals surface area (Å²) in [6.45, 7) is 12.7. The van der Waals surface area contributed by atoms with Gasteiger partial charge in [-0.25, -0.2) is 0 Å². The van der Waals surface area contributed by atoms with Crippen LogP contribution in [0, 0.1) is 5.41 Å². The molecule has 0 fully saturated rings. The van der Waals surface area contributed by atoms with Gasteiger partial charge in [0.25, 0.3) is 0 Å². The molecule has 21 heavy (non-hydrogen) atoms. The Hall–Kier alpha value is -1.54. The molecule has 0 aromatic heterocycles. The molecule has 0 saturated heterocycles. The summed E-state index contributed by atoms with van der Waals surface area (Å²) in [6.07, 6.45) is 0. The van der Waals surface area contributed by atoms with Crippen molar-refractivity contribution in [3.05, 3.63) is 42.5 Å². The van der Waals surface area contributed by atoms with Crippen molar-refractivity contribution in [2.24, 2.45) is 5.41 Å². The van der Waals surface area contributed by atoms with Gasteiger partial charge in [-0.15, -0.1) is 0 Å². The molecule has 2 rings (SSSR count). The molecule has 0 amide bonds. The molecule has 114 valence electrons. The topological polar surface area (TPSA) is 21.3 Å². The van der Waals surface area contributed by atoms with Crippen molar-refractivity contribution >= 4 is 10.8 Å². The van der Waals surface area contributed by atoms with Crippen molar-refractivity contribution in [3.8, 4) is 5.75 Å². The van der Waals surface area contributed by atoms with Crippen LogP contribution in [0.4, 0.5) is 0 Å². The van der Waals surface area contributed by atoms with Crippen molar-refractivity contribution in [2.45, 2.75) is 40.2 Å². The summed E-state index contributed by atoms with van der Waals surface area (Å²) >= 11 is 0. The Balaban J connectivity index is 2.04. The highest BCUT2D eigenvalue weighted by Gasteiger charge is 2.22. The minimum absolute atomic E-state index is 0.0875. The molecule has 0 saturated carbocycles. The lowest BCUT2D eigenvalue weighted by Gasteiger charge is -2.30. The van der Waals surface area contributed by atoms with Crippen LogP contribution in [0.1, 0.15) is 34.6 Å². The molecule has 0 aliphatic heterocycles. The largest absolute Gasteiger partial charge is 0.492 e. The van der Waals surface area contributed by atoms with Crippen LogP contribution in [0.25, 0.3) is 10.8 Å². The number of hydrogen-bond acceptors (Lipinski definition) is 2. The molecule has 0 heterocycles. The fourth-order valence-electron chi connectivity index (χ4n) is 2.15. The molecule has 0 radical (unpaired) electrons. The number of benzene rings is 2. The van der Waals surface area contributed by atoms with Crippen LogP contribution in [-0.4, -0.2) is 18.7 Å². The van der Waals surface area contributed by atoms with Crippen molar-refractivity contribution in [1.29, 1.82) is 0 Å². The standard InChI is InChI=1S/C19H27NO/c1-18(2,3)20-13-19(4,5)14-21-17-12-8-10-15-9-6-7-11-16(15)17/h6-12,20H,13-14H2,1-5H3. The number of rotatable bonds is 5. The van der Waals surface area contributed by atoms with Gasteiger partial charge < -0.3 is 10.1 Å². The Morgan fingerprint density at radius 1 is 0.905 bits per heavy atom. The van der Waals surface area contributed by atoms with Crippen molar-refractivity contribution in [3.63, 3.8) is 0 Å². The van der Waals surface area contributed by atoms with Gasteiger partial charge in [-0.3, -0.25) is 0 Å². The molecule has 2 nitrogen and oxygen atoms in total. The molecule has 0 aliphatic carbocycles. The van der Waals surface area contributed by atoms with Gasteiger partial charge in [0.1, 0.15) is 5.75 Å². The van der Waals surface area contributed by atoms with Crippen LogP contribution in [0.15, 0.2) is 42.5 Å². The zero-order valence-electron chi connectivity index (χ0n) is 13.9. The Bertz CT molecular complexity index is 591. The maximum absolute atomic E-state index is 6.11. The van der Waals surface area contributed by atoms with E-state index in [4.69, 9.17) is 4.74 Å². The second-order valence-electron chi connectivity index (χ2n) is 7.53. The smallest absolute Gasteiger partial charge is 0.127 e. The van der Waals surface area contributed by atoms with E-state index in [0.29, 0.717) is 6.61 Å². The van der Waals surface area contributed by atoms with Crippen LogP contribution < -0.4 is 10.1 Å². The minimum Gasteiger partial charge on any atom is -0.492 e. The number of hydrogen-bond donors (Lipinski definition) is 1. The molecule has 0 aliphatic rings. The molecule has 2 aromatic rings. The van der Waals surface area contributed by atoms with E-state index in [9.17, 15) is 0 Å². The quantitative estimate of drug-likeness (QED) is 0.864. The Kier molecular flexibility index (Phi) is 4.58. The maximum atomic E-state index is 6.11. The Morgan fingerprint density at radius 3 is 2.29 bits per heavy atom. The summed E-state index contributed by atoms with van der Waals surface area (Å²) in [5.41, 5.74) is 0.223. The Labute approximate surface area is 128 Å². The first-order valence-corrected chi connectivity index (χ1v) is 7.62. The molecule has 1 N–H and O–H groups in total. The Morgan fingerprint density at radius 2 is 1.57 bits per heavy atom. The maximum Gasteiger partial charge on any atom is 0.127 e. The zero-order valence-corrected chi connectivity index (χ0v) is 13.9. The van der Waals surface area contributed by atoms with Crippen LogP contribution in [-0.2, 0) is 0 Å². The van der Waals surface area contributed by atoms with E-state index in [1.165, 1.54) is 10.8 Å². The number of nitrogens with one attached hydrogen (secondary N) is 1. The molecule has 0 unspecified atom stereocenters. The fraction of sp³-hybridized carbons (Fsp3) is 0.474. The lowest BCUT2D eigenvalue weighted by atomic mass is 9.93. The highest BCUT2D eigenvalue weighted by atomic mass is 16.5. The van der Waals surface area contributed by atoms with Crippen molar-refractivity contribution in [2.75, 3.05) is 13.2 Å². The number of ether oxygens (including phenoxy) is 1. The highest BCUT2D eigenvalue weighted by molar-refractivity contribution is 5.88. The van der Waals surface area contributed by atoms with Crippen molar-refractivity contribution in [1.82, 2.24) is 5.32 Å². The molecule has 0 atom stereocenters. The first-order valence-electron chi connectivity index (χ1n) is 7.62. The molecular formula is C19H27NO. The van der Waals surface area contributed by atoms with E-state index < -0.39 is 0 Å². The summed E-state index contributed by atoms with van der Waals surface area (Å²) in [5, 5.41) is 5.96. The fourth-order valence-corrected chi connectivity index (χ4v) is 2.15. The van der Waals surface area contributed by atoms with E-state index in [1.807, 2.05) is 0 Å². The van der Waals surface area contributed by atoms with Crippen LogP contribution >= 0.6 is 0 Å². The van der Waals surface area contributed by atoms with Crippen LogP contribution in [0.2, 0.25) is 0 Å². The monoisotopic (exact) mass is 285 g/mol. The molecule has 0 spiro atoms. The highest BCUT2D eigenvalue weighted by Crippen LogP contribution is 2.27. The third-order valence-electron chi connectivity index (χ3n) is 3.47. The third-order valence-corrected chi connectivity index (χ3v) is 3.47. The van der Waals surface area contributed by atoms with Gasteiger partial charge in [0.15, 0.2) is 0 Å². The van der Waals surface area contributed by atoms with Gasteiger partial charge in [0, 0.05) is 22.9 Å². The average Bonchev–Trinajstić information content (AvgIpc) is 2.42. The summed E-state index contributed by atoms with van der Waals surface area (Å²) < 4.78 is 6.11. The summed E-state index contributed by atoms with van der Waals surface area (Å²) in [6, 6.07) is 14.6. The lowest BCUT2D eigenvalue weighted by molar-refractivity contribution is 0.167. The second-order valence-corrected chi connectivity index (χ2v) is 7.53. The lowest BCUT2D eigenvalue weighted by Crippen LogP contribution is -2.43. The SMILES string of the molecule is CC(C)(CNC(C)(C)C)COc1cccc2ccccc12. The predicted molar refractivity (Wildman–Crippen MR) is 91.0 cm³/mol. The minimum atomic E-state index is 0.0875. The summed E-state index contributed by atoms with van der Waals surface area (Å²) in [5.74, 6) is 0.969. The number of fused-ring (bicyclic) bond motifs is 1. The van der Waals surface area contributed by atoms with Gasteiger partial charge in [-0.2, -0.15) is 0 Å². The zero-order chi connectivity index (χ0) is 15.5. The van der Waals surface area contributed by atoms with Gasteiger partial charge in [-0.05, 0) is 32.2 Å². The van der Waals surface area contributed by atoms with E-state index in [-0.39, 0.29) is 11.0 Å². The predicted octanol–water partition coefficient (Wildman–Crippen LogP) is 4.63. The molecule has 2 aromatic carbocycles. The molecular weight excluding hydrogens is 258 g/mol. The summed E-state index contributed by atoms with van der Waals surface area (Å²) in [7, 11) is 0. The normalized spacial score (nSPS) is 12.6. The average molecular weight is 285 g/mol. The molecule has 2 heteroatoms. The first-order chi connectivity index (χ1) is 9.77. The van der Waals surface area contributed by atoms with Crippen LogP contribution in [0.5, 0.6) is 5.75 Å². The van der Waals surface area contributed by atoms with E-state index in [1.54, 1.807) is 0 Å². The van der Waals surface area contributed by atoms with Gasteiger partial charge in [-0.1, -0.05) is 50.2 Å². The molecule has 0 bridgehead atoms. The van der Waals surface area contributed by atoms with Gasteiger partial charge >= 0.3 is 0 Å². The van der Waals surface area contributed by atoms with E-state index in [2.05, 4.69) is 82.4 Å². The van der Waals surface area contributed by atoms with Gasteiger partial charge in [0.2, 0.25) is 0 Å². The second kappa shape index (κ2) is 6.07. The third kappa shape index (κ3) is 4.75. The van der Waals surface area contributed by atoms with E-state index >= 15 is 0 Å². The van der Waals surface area contributed by atoms with Crippen LogP contribution in [0.3, 0.4) is 0 Å².